The summed E-state index contributed by atoms with van der Waals surface area (Å²) in [7, 11) is -3.51. The highest BCUT2D eigenvalue weighted by molar-refractivity contribution is 7.88. The number of aromatic nitrogens is 1. The van der Waals surface area contributed by atoms with Crippen LogP contribution in [-0.4, -0.2) is 36.7 Å². The van der Waals surface area contributed by atoms with E-state index in [1.807, 2.05) is 12.1 Å². The highest BCUT2D eigenvalue weighted by Gasteiger charge is 2.31. The molecule has 0 bridgehead atoms. The molecule has 1 fully saturated rings. The minimum atomic E-state index is -3.51. The SMILES string of the molecule is O=C(NCc1cccnc1)C1CCN(S(=O)(=O)Cc2ccc(Cl)cc2Cl)CC1. The van der Waals surface area contributed by atoms with E-state index in [1.54, 1.807) is 24.5 Å². The van der Waals surface area contributed by atoms with E-state index in [2.05, 4.69) is 10.3 Å². The summed E-state index contributed by atoms with van der Waals surface area (Å²) < 4.78 is 26.8. The van der Waals surface area contributed by atoms with E-state index in [9.17, 15) is 13.2 Å². The molecule has 28 heavy (non-hydrogen) atoms. The molecule has 1 amide bonds. The van der Waals surface area contributed by atoms with E-state index in [4.69, 9.17) is 23.2 Å². The van der Waals surface area contributed by atoms with Gasteiger partial charge in [0, 0.05) is 48.0 Å². The van der Waals surface area contributed by atoms with E-state index in [-0.39, 0.29) is 17.6 Å². The summed E-state index contributed by atoms with van der Waals surface area (Å²) in [5.41, 5.74) is 1.44. The number of nitrogens with one attached hydrogen (secondary N) is 1. The van der Waals surface area contributed by atoms with Gasteiger partial charge >= 0.3 is 0 Å². The van der Waals surface area contributed by atoms with Gasteiger partial charge in [0.2, 0.25) is 15.9 Å². The van der Waals surface area contributed by atoms with Crippen molar-refractivity contribution in [3.63, 3.8) is 0 Å². The van der Waals surface area contributed by atoms with Gasteiger partial charge in [-0.3, -0.25) is 9.78 Å². The molecule has 2 heterocycles. The fourth-order valence-electron chi connectivity index (χ4n) is 3.16. The molecule has 0 atom stereocenters. The van der Waals surface area contributed by atoms with Crippen molar-refractivity contribution in [2.75, 3.05) is 13.1 Å². The fourth-order valence-corrected chi connectivity index (χ4v) is 5.31. The Labute approximate surface area is 174 Å². The molecular formula is C19H21Cl2N3O3S. The molecule has 0 unspecified atom stereocenters. The van der Waals surface area contributed by atoms with Crippen LogP contribution < -0.4 is 5.32 Å². The summed E-state index contributed by atoms with van der Waals surface area (Å²) in [6.45, 7) is 1.05. The minimum Gasteiger partial charge on any atom is -0.352 e. The number of carbonyl (C=O) groups is 1. The Morgan fingerprint density at radius 3 is 2.61 bits per heavy atom. The van der Waals surface area contributed by atoms with Crippen molar-refractivity contribution in [1.29, 1.82) is 0 Å². The molecule has 6 nitrogen and oxygen atoms in total. The van der Waals surface area contributed by atoms with Gasteiger partial charge in [-0.05, 0) is 42.2 Å². The van der Waals surface area contributed by atoms with Gasteiger partial charge < -0.3 is 5.32 Å². The first-order chi connectivity index (χ1) is 13.3. The zero-order chi connectivity index (χ0) is 20.1. The van der Waals surface area contributed by atoms with E-state index in [0.29, 0.717) is 48.1 Å². The van der Waals surface area contributed by atoms with Gasteiger partial charge in [0.05, 0.1) is 5.75 Å². The number of nitrogens with zero attached hydrogens (tertiary/aromatic N) is 2. The quantitative estimate of drug-likeness (QED) is 0.745. The summed E-state index contributed by atoms with van der Waals surface area (Å²) >= 11 is 12.0. The predicted molar refractivity (Wildman–Crippen MR) is 109 cm³/mol. The number of piperidine rings is 1. The number of amides is 1. The third-order valence-electron chi connectivity index (χ3n) is 4.76. The summed E-state index contributed by atoms with van der Waals surface area (Å²) in [6, 6.07) is 8.49. The number of carbonyl (C=O) groups excluding carboxylic acids is 1. The Morgan fingerprint density at radius 1 is 1.21 bits per heavy atom. The van der Waals surface area contributed by atoms with Crippen molar-refractivity contribution in [3.8, 4) is 0 Å². The van der Waals surface area contributed by atoms with Crippen LogP contribution in [0.5, 0.6) is 0 Å². The first kappa shape index (κ1) is 21.0. The number of rotatable bonds is 6. The molecule has 1 aromatic carbocycles. The minimum absolute atomic E-state index is 0.0540. The topological polar surface area (TPSA) is 79.4 Å². The molecule has 0 spiro atoms. The molecule has 2 aromatic rings. The maximum absolute atomic E-state index is 12.7. The van der Waals surface area contributed by atoms with Gasteiger partial charge in [-0.1, -0.05) is 35.3 Å². The van der Waals surface area contributed by atoms with E-state index < -0.39 is 10.0 Å². The molecule has 1 N–H and O–H groups in total. The molecule has 9 heteroatoms. The van der Waals surface area contributed by atoms with Crippen molar-refractivity contribution >= 4 is 39.1 Å². The van der Waals surface area contributed by atoms with Crippen molar-refractivity contribution in [2.45, 2.75) is 25.1 Å². The van der Waals surface area contributed by atoms with E-state index >= 15 is 0 Å². The van der Waals surface area contributed by atoms with Crippen LogP contribution in [0.1, 0.15) is 24.0 Å². The predicted octanol–water partition coefficient (Wildman–Crippen LogP) is 3.25. The number of pyridine rings is 1. The van der Waals surface area contributed by atoms with Gasteiger partial charge in [-0.25, -0.2) is 12.7 Å². The van der Waals surface area contributed by atoms with Gasteiger partial charge in [0.25, 0.3) is 0 Å². The van der Waals surface area contributed by atoms with Crippen molar-refractivity contribution < 1.29 is 13.2 Å². The molecule has 1 aromatic heterocycles. The highest BCUT2D eigenvalue weighted by Crippen LogP contribution is 2.26. The van der Waals surface area contributed by atoms with Crippen LogP contribution in [0, 0.1) is 5.92 Å². The van der Waals surface area contributed by atoms with E-state index in [0.717, 1.165) is 5.56 Å². The number of benzene rings is 1. The van der Waals surface area contributed by atoms with Crippen molar-refractivity contribution in [1.82, 2.24) is 14.6 Å². The van der Waals surface area contributed by atoms with Crippen LogP contribution in [0.2, 0.25) is 10.0 Å². The number of hydrogen-bond acceptors (Lipinski definition) is 4. The summed E-state index contributed by atoms with van der Waals surface area (Å²) in [4.78, 5) is 16.4. The Morgan fingerprint density at radius 2 is 1.96 bits per heavy atom. The standard InChI is InChI=1S/C19H21Cl2N3O3S/c20-17-4-3-16(18(21)10-17)13-28(26,27)24-8-5-15(6-9-24)19(25)23-12-14-2-1-7-22-11-14/h1-4,7,10-11,15H,5-6,8-9,12-13H2,(H,23,25). The number of sulfonamides is 1. The second-order valence-corrected chi connectivity index (χ2v) is 9.56. The smallest absolute Gasteiger partial charge is 0.223 e. The Hall–Kier alpha value is -1.67. The van der Waals surface area contributed by atoms with Crippen LogP contribution >= 0.6 is 23.2 Å². The van der Waals surface area contributed by atoms with Crippen LogP contribution in [0.4, 0.5) is 0 Å². The molecule has 0 aliphatic carbocycles. The zero-order valence-corrected chi connectivity index (χ0v) is 17.5. The van der Waals surface area contributed by atoms with Crippen LogP contribution in [-0.2, 0) is 27.1 Å². The zero-order valence-electron chi connectivity index (χ0n) is 15.1. The normalized spacial score (nSPS) is 16.1. The summed E-state index contributed by atoms with van der Waals surface area (Å²) in [5.74, 6) is -0.426. The largest absolute Gasteiger partial charge is 0.352 e. The Balaban J connectivity index is 1.53. The third kappa shape index (κ3) is 5.44. The monoisotopic (exact) mass is 441 g/mol. The summed E-state index contributed by atoms with van der Waals surface area (Å²) in [5, 5.41) is 3.69. The van der Waals surface area contributed by atoms with Crippen LogP contribution in [0.25, 0.3) is 0 Å². The van der Waals surface area contributed by atoms with Gasteiger partial charge in [0.1, 0.15) is 0 Å². The number of halogens is 2. The lowest BCUT2D eigenvalue weighted by molar-refractivity contribution is -0.126. The first-order valence-corrected chi connectivity index (χ1v) is 11.3. The average molecular weight is 442 g/mol. The fraction of sp³-hybridized carbons (Fsp3) is 0.368. The number of hydrogen-bond donors (Lipinski definition) is 1. The second-order valence-electron chi connectivity index (χ2n) is 6.74. The van der Waals surface area contributed by atoms with Gasteiger partial charge in [-0.2, -0.15) is 0 Å². The maximum Gasteiger partial charge on any atom is 0.223 e. The molecule has 3 rings (SSSR count). The molecular weight excluding hydrogens is 421 g/mol. The summed E-state index contributed by atoms with van der Waals surface area (Å²) in [6.07, 6.45) is 4.37. The molecule has 1 aliphatic rings. The first-order valence-electron chi connectivity index (χ1n) is 8.93. The van der Waals surface area contributed by atoms with Crippen molar-refractivity contribution in [3.05, 3.63) is 63.9 Å². The molecule has 1 aliphatic heterocycles. The highest BCUT2D eigenvalue weighted by atomic mass is 35.5. The lowest BCUT2D eigenvalue weighted by Crippen LogP contribution is -2.43. The van der Waals surface area contributed by atoms with Gasteiger partial charge in [0.15, 0.2) is 0 Å². The van der Waals surface area contributed by atoms with Crippen molar-refractivity contribution in [2.24, 2.45) is 5.92 Å². The Kier molecular flexibility index (Phi) is 6.93. The van der Waals surface area contributed by atoms with Crippen LogP contribution in [0.3, 0.4) is 0 Å². The second kappa shape index (κ2) is 9.22. The molecule has 1 saturated heterocycles. The molecule has 150 valence electrons. The molecule has 0 radical (unpaired) electrons. The van der Waals surface area contributed by atoms with Crippen LogP contribution in [0.15, 0.2) is 42.7 Å². The molecule has 0 saturated carbocycles. The van der Waals surface area contributed by atoms with E-state index in [1.165, 1.54) is 10.4 Å². The lowest BCUT2D eigenvalue weighted by atomic mass is 9.97. The maximum atomic E-state index is 12.7. The van der Waals surface area contributed by atoms with Gasteiger partial charge in [-0.15, -0.1) is 0 Å². The third-order valence-corrected chi connectivity index (χ3v) is 7.18. The lowest BCUT2D eigenvalue weighted by Gasteiger charge is -2.30. The Bertz CT molecular complexity index is 931. The average Bonchev–Trinajstić information content (AvgIpc) is 2.69.